The molecule has 0 aliphatic carbocycles. The lowest BCUT2D eigenvalue weighted by molar-refractivity contribution is 0.674. The van der Waals surface area contributed by atoms with Crippen LogP contribution in [0, 0.1) is 0 Å². The molecule has 0 aliphatic rings. The quantitative estimate of drug-likeness (QED) is 0.183. The minimum absolute atomic E-state index is 0.907. The number of hydrogen-bond acceptors (Lipinski definition) is 3. The molecule has 0 aliphatic heterocycles. The number of benzene rings is 8. The van der Waals surface area contributed by atoms with Crippen molar-refractivity contribution in [1.29, 1.82) is 0 Å². The molecule has 0 fully saturated rings. The fraction of sp³-hybridized carbons (Fsp3) is 0. The van der Waals surface area contributed by atoms with E-state index < -0.39 is 0 Å². The average Bonchev–Trinajstić information content (AvgIpc) is 3.71. The van der Waals surface area contributed by atoms with Gasteiger partial charge in [-0.25, -0.2) is 0 Å². The Hall–Kier alpha value is -5.90. The predicted molar refractivity (Wildman–Crippen MR) is 202 cm³/mol. The van der Waals surface area contributed by atoms with Gasteiger partial charge >= 0.3 is 0 Å². The standard InChI is InChI=1S/C44H27NOS/c1-3-13-28(14-4-1)38-25-31(26-39-42-36-20-9-7-17-32(36)33-18-8-10-21-37(33)44(42)46-43(38)39)45(29-15-5-2-6-16-29)30-23-24-35-34-19-11-12-22-40(34)47-41(35)27-30/h1-27H. The molecule has 0 N–H and O–H groups in total. The summed E-state index contributed by atoms with van der Waals surface area (Å²) in [5.41, 5.74) is 7.35. The minimum Gasteiger partial charge on any atom is -0.455 e. The predicted octanol–water partition coefficient (Wildman–Crippen LogP) is 13.4. The number of para-hydroxylation sites is 1. The van der Waals surface area contributed by atoms with Gasteiger partial charge in [0.05, 0.1) is 0 Å². The van der Waals surface area contributed by atoms with Crippen LogP contribution in [0.2, 0.25) is 0 Å². The second-order valence-corrected chi connectivity index (χ2v) is 13.2. The van der Waals surface area contributed by atoms with Crippen LogP contribution in [-0.4, -0.2) is 0 Å². The van der Waals surface area contributed by atoms with Gasteiger partial charge in [0.15, 0.2) is 0 Å². The third-order valence-electron chi connectivity index (χ3n) is 9.41. The first-order valence-corrected chi connectivity index (χ1v) is 16.7. The zero-order valence-electron chi connectivity index (χ0n) is 25.4. The Morgan fingerprint density at radius 3 is 1.79 bits per heavy atom. The fourth-order valence-electron chi connectivity index (χ4n) is 7.33. The van der Waals surface area contributed by atoms with E-state index >= 15 is 0 Å². The molecule has 0 saturated carbocycles. The lowest BCUT2D eigenvalue weighted by atomic mass is 9.95. The Morgan fingerprint density at radius 2 is 1.00 bits per heavy atom. The van der Waals surface area contributed by atoms with Gasteiger partial charge in [0.2, 0.25) is 0 Å². The maximum absolute atomic E-state index is 6.98. The maximum atomic E-state index is 6.98. The lowest BCUT2D eigenvalue weighted by Gasteiger charge is -2.26. The summed E-state index contributed by atoms with van der Waals surface area (Å²) in [6.07, 6.45) is 0. The van der Waals surface area contributed by atoms with E-state index in [1.807, 2.05) is 11.3 Å². The van der Waals surface area contributed by atoms with Gasteiger partial charge in [-0.1, -0.05) is 121 Å². The van der Waals surface area contributed by atoms with Crippen LogP contribution in [0.4, 0.5) is 17.1 Å². The molecule has 3 heteroatoms. The Labute approximate surface area is 275 Å². The molecular formula is C44H27NOS. The molecule has 47 heavy (non-hydrogen) atoms. The number of furan rings is 1. The van der Waals surface area contributed by atoms with Crippen LogP contribution in [-0.2, 0) is 0 Å². The van der Waals surface area contributed by atoms with Crippen molar-refractivity contribution in [2.45, 2.75) is 0 Å². The summed E-state index contributed by atoms with van der Waals surface area (Å²) >= 11 is 1.85. The summed E-state index contributed by atoms with van der Waals surface area (Å²) in [6, 6.07) is 58.9. The Morgan fingerprint density at radius 1 is 0.383 bits per heavy atom. The SMILES string of the molecule is c1ccc(-c2cc(N(c3ccccc3)c3ccc4c(c3)sc3ccccc34)cc3c2oc2c4ccccc4c4ccccc4c32)cc1. The molecule has 8 aromatic carbocycles. The van der Waals surface area contributed by atoms with E-state index in [1.165, 1.54) is 36.3 Å². The molecule has 10 aromatic rings. The van der Waals surface area contributed by atoms with Crippen molar-refractivity contribution in [3.63, 3.8) is 0 Å². The van der Waals surface area contributed by atoms with Gasteiger partial charge in [-0.3, -0.25) is 0 Å². The van der Waals surface area contributed by atoms with Crippen molar-refractivity contribution in [3.8, 4) is 11.1 Å². The fourth-order valence-corrected chi connectivity index (χ4v) is 8.47. The van der Waals surface area contributed by atoms with Crippen LogP contribution in [0.3, 0.4) is 0 Å². The third-order valence-corrected chi connectivity index (χ3v) is 10.5. The summed E-state index contributed by atoms with van der Waals surface area (Å²) in [7, 11) is 0. The highest BCUT2D eigenvalue weighted by Gasteiger charge is 2.22. The van der Waals surface area contributed by atoms with Gasteiger partial charge in [0, 0.05) is 59.0 Å². The van der Waals surface area contributed by atoms with Crippen molar-refractivity contribution in [3.05, 3.63) is 164 Å². The zero-order chi connectivity index (χ0) is 30.9. The normalized spacial score (nSPS) is 11.8. The molecule has 10 rings (SSSR count). The number of anilines is 3. The summed E-state index contributed by atoms with van der Waals surface area (Å²) in [4.78, 5) is 2.39. The van der Waals surface area contributed by atoms with Gasteiger partial charge in [0.1, 0.15) is 11.2 Å². The van der Waals surface area contributed by atoms with E-state index in [-0.39, 0.29) is 0 Å². The second-order valence-electron chi connectivity index (χ2n) is 12.1. The molecule has 0 bridgehead atoms. The maximum Gasteiger partial charge on any atom is 0.143 e. The molecule has 2 heterocycles. The first kappa shape index (κ1) is 26.3. The zero-order valence-corrected chi connectivity index (χ0v) is 26.2. The van der Waals surface area contributed by atoms with E-state index in [0.29, 0.717) is 0 Å². The molecule has 0 spiro atoms. The minimum atomic E-state index is 0.907. The van der Waals surface area contributed by atoms with Crippen LogP contribution in [0.15, 0.2) is 168 Å². The van der Waals surface area contributed by atoms with E-state index in [0.717, 1.165) is 55.5 Å². The summed E-state index contributed by atoms with van der Waals surface area (Å²) in [5, 5.41) is 9.65. The van der Waals surface area contributed by atoms with E-state index in [2.05, 4.69) is 169 Å². The first-order valence-electron chi connectivity index (χ1n) is 15.9. The Balaban J connectivity index is 1.33. The molecule has 2 aromatic heterocycles. The Kier molecular flexibility index (Phi) is 5.78. The third kappa shape index (κ3) is 4.04. The smallest absolute Gasteiger partial charge is 0.143 e. The van der Waals surface area contributed by atoms with Crippen LogP contribution in [0.25, 0.3) is 74.8 Å². The van der Waals surface area contributed by atoms with Crippen LogP contribution in [0.1, 0.15) is 0 Å². The van der Waals surface area contributed by atoms with Gasteiger partial charge < -0.3 is 9.32 Å². The van der Waals surface area contributed by atoms with Crippen LogP contribution >= 0.6 is 11.3 Å². The summed E-state index contributed by atoms with van der Waals surface area (Å²) in [5.74, 6) is 0. The van der Waals surface area contributed by atoms with Crippen molar-refractivity contribution < 1.29 is 4.42 Å². The van der Waals surface area contributed by atoms with Gasteiger partial charge in [-0.15, -0.1) is 11.3 Å². The highest BCUT2D eigenvalue weighted by molar-refractivity contribution is 7.25. The number of nitrogens with zero attached hydrogens (tertiary/aromatic N) is 1. The molecule has 0 radical (unpaired) electrons. The summed E-state index contributed by atoms with van der Waals surface area (Å²) < 4.78 is 9.57. The van der Waals surface area contributed by atoms with E-state index in [9.17, 15) is 0 Å². The Bertz CT molecular complexity index is 2790. The molecule has 2 nitrogen and oxygen atoms in total. The van der Waals surface area contributed by atoms with Gasteiger partial charge in [-0.05, 0) is 64.2 Å². The van der Waals surface area contributed by atoms with E-state index in [1.54, 1.807) is 0 Å². The van der Waals surface area contributed by atoms with Crippen molar-refractivity contribution in [1.82, 2.24) is 0 Å². The average molecular weight is 618 g/mol. The first-order chi connectivity index (χ1) is 23.3. The highest BCUT2D eigenvalue weighted by atomic mass is 32.1. The molecule has 0 amide bonds. The number of hydrogen-bond donors (Lipinski definition) is 0. The topological polar surface area (TPSA) is 16.4 Å². The largest absolute Gasteiger partial charge is 0.455 e. The molecule has 0 saturated heterocycles. The summed E-state index contributed by atoms with van der Waals surface area (Å²) in [6.45, 7) is 0. The molecular weight excluding hydrogens is 591 g/mol. The monoisotopic (exact) mass is 617 g/mol. The number of rotatable bonds is 4. The number of thiophene rings is 1. The molecule has 0 atom stereocenters. The van der Waals surface area contributed by atoms with Crippen molar-refractivity contribution in [2.75, 3.05) is 4.90 Å². The highest BCUT2D eigenvalue weighted by Crippen LogP contribution is 2.47. The molecule has 220 valence electrons. The van der Waals surface area contributed by atoms with Gasteiger partial charge in [0.25, 0.3) is 0 Å². The van der Waals surface area contributed by atoms with Crippen LogP contribution in [0.5, 0.6) is 0 Å². The number of fused-ring (bicyclic) bond motifs is 11. The van der Waals surface area contributed by atoms with Crippen LogP contribution < -0.4 is 4.90 Å². The lowest BCUT2D eigenvalue weighted by Crippen LogP contribution is -2.10. The second kappa shape index (κ2) is 10.3. The van der Waals surface area contributed by atoms with Crippen molar-refractivity contribution >= 4 is 92.1 Å². The molecule has 0 unspecified atom stereocenters. The van der Waals surface area contributed by atoms with E-state index in [4.69, 9.17) is 4.42 Å². The van der Waals surface area contributed by atoms with Gasteiger partial charge in [-0.2, -0.15) is 0 Å². The van der Waals surface area contributed by atoms with Crippen molar-refractivity contribution in [2.24, 2.45) is 0 Å².